The van der Waals surface area contributed by atoms with Crippen molar-refractivity contribution in [1.82, 2.24) is 4.57 Å². The third-order valence-corrected chi connectivity index (χ3v) is 5.66. The van der Waals surface area contributed by atoms with Gasteiger partial charge in [-0.2, -0.15) is 0 Å². The van der Waals surface area contributed by atoms with Crippen molar-refractivity contribution in [3.8, 4) is 5.75 Å². The quantitative estimate of drug-likeness (QED) is 0.223. The Morgan fingerprint density at radius 1 is 1.12 bits per heavy atom. The molecule has 0 atom stereocenters. The lowest BCUT2D eigenvalue weighted by atomic mass is 10.2. The molecule has 32 heavy (non-hydrogen) atoms. The van der Waals surface area contributed by atoms with Gasteiger partial charge in [-0.25, -0.2) is 4.99 Å². The van der Waals surface area contributed by atoms with Gasteiger partial charge in [0.2, 0.25) is 0 Å². The number of nitrogens with zero attached hydrogens (tertiary/aromatic N) is 2. The summed E-state index contributed by atoms with van der Waals surface area (Å²) >= 11 is 1.66. The Morgan fingerprint density at radius 2 is 1.91 bits per heavy atom. The number of nitrogens with one attached hydrogen (secondary N) is 1. The molecular weight excluding hydrogens is 422 g/mol. The summed E-state index contributed by atoms with van der Waals surface area (Å²) < 4.78 is 8.84. The minimum absolute atomic E-state index is 0.0970. The van der Waals surface area contributed by atoms with Crippen LogP contribution < -0.4 is 21.5 Å². The molecule has 0 bridgehead atoms. The zero-order valence-electron chi connectivity index (χ0n) is 18.1. The summed E-state index contributed by atoms with van der Waals surface area (Å²) in [6.07, 6.45) is 0.882. The van der Waals surface area contributed by atoms with E-state index in [1.165, 1.54) is 4.70 Å². The molecule has 8 heteroatoms. The van der Waals surface area contributed by atoms with Gasteiger partial charge >= 0.3 is 0 Å². The van der Waals surface area contributed by atoms with Gasteiger partial charge in [0.05, 0.1) is 22.5 Å². The first-order valence-electron chi connectivity index (χ1n) is 10.0. The van der Waals surface area contributed by atoms with E-state index in [-0.39, 0.29) is 5.96 Å². The van der Waals surface area contributed by atoms with Crippen molar-refractivity contribution in [2.24, 2.45) is 23.5 Å². The molecule has 4 rings (SSSR count). The summed E-state index contributed by atoms with van der Waals surface area (Å²) in [7, 11) is 3.80. The number of nitrogens with two attached hydrogens (primary N) is 2. The number of hydrogen-bond donors (Lipinski definition) is 3. The number of rotatable bonds is 7. The number of aromatic nitrogens is 1. The number of aryl methyl sites for hydroxylation is 1. The summed E-state index contributed by atoms with van der Waals surface area (Å²) in [6, 6.07) is 19.8. The normalized spacial score (nSPS) is 10.2. The summed E-state index contributed by atoms with van der Waals surface area (Å²) in [4.78, 5) is 14.4. The van der Waals surface area contributed by atoms with Crippen LogP contribution in [0.4, 0.5) is 5.69 Å². The van der Waals surface area contributed by atoms with Gasteiger partial charge in [0.1, 0.15) is 12.4 Å². The molecule has 2 aromatic carbocycles. The molecule has 0 unspecified atom stereocenters. The Bertz CT molecular complexity index is 1190. The lowest BCUT2D eigenvalue weighted by Crippen LogP contribution is -2.22. The molecule has 0 aliphatic rings. The maximum absolute atomic E-state index is 10.5. The van der Waals surface area contributed by atoms with Gasteiger partial charge < -0.3 is 26.1 Å². The fourth-order valence-corrected chi connectivity index (χ4v) is 3.90. The second-order valence-corrected chi connectivity index (χ2v) is 7.99. The fourth-order valence-electron chi connectivity index (χ4n) is 3.04. The molecule has 0 saturated heterocycles. The maximum atomic E-state index is 10.5. The smallest absolute Gasteiger partial charge is 0.186 e. The van der Waals surface area contributed by atoms with Crippen LogP contribution in [-0.4, -0.2) is 23.9 Å². The van der Waals surface area contributed by atoms with Gasteiger partial charge in [0.15, 0.2) is 12.2 Å². The molecule has 0 aliphatic carbocycles. The van der Waals surface area contributed by atoms with E-state index in [1.807, 2.05) is 78.6 Å². The van der Waals surface area contributed by atoms with Gasteiger partial charge in [-0.1, -0.05) is 24.3 Å². The Labute approximate surface area is 191 Å². The van der Waals surface area contributed by atoms with Crippen LogP contribution in [0, 0.1) is 0 Å². The summed E-state index contributed by atoms with van der Waals surface area (Å²) in [5, 5.41) is 5.13. The van der Waals surface area contributed by atoms with Crippen LogP contribution in [0.3, 0.4) is 0 Å². The first-order valence-corrected chi connectivity index (χ1v) is 10.9. The van der Waals surface area contributed by atoms with E-state index >= 15 is 0 Å². The van der Waals surface area contributed by atoms with Gasteiger partial charge in [-0.15, -0.1) is 11.3 Å². The van der Waals surface area contributed by atoms with Gasteiger partial charge in [-0.05, 0) is 52.9 Å². The van der Waals surface area contributed by atoms with Crippen LogP contribution in [-0.2, 0) is 20.2 Å². The molecule has 0 radical (unpaired) electrons. The molecule has 166 valence electrons. The zero-order valence-corrected chi connectivity index (χ0v) is 18.9. The van der Waals surface area contributed by atoms with Crippen LogP contribution in [0.1, 0.15) is 21.6 Å². The SMILES string of the molecule is CNc1cccc(COc2ccc(CN=C(N)N)cc2)c1.Cn1c(C=O)cc2sccc21. The van der Waals surface area contributed by atoms with E-state index in [1.54, 1.807) is 11.3 Å². The Morgan fingerprint density at radius 3 is 2.56 bits per heavy atom. The van der Waals surface area contributed by atoms with Gasteiger partial charge in [0.25, 0.3) is 0 Å². The van der Waals surface area contributed by atoms with E-state index in [2.05, 4.69) is 16.4 Å². The molecule has 2 aromatic heterocycles. The number of fused-ring (bicyclic) bond motifs is 1. The van der Waals surface area contributed by atoms with Crippen molar-refractivity contribution in [1.29, 1.82) is 0 Å². The molecule has 0 fully saturated rings. The number of aldehydes is 1. The van der Waals surface area contributed by atoms with E-state index in [9.17, 15) is 4.79 Å². The van der Waals surface area contributed by atoms with Crippen molar-refractivity contribution in [2.75, 3.05) is 12.4 Å². The van der Waals surface area contributed by atoms with Crippen LogP contribution >= 0.6 is 11.3 Å². The Hall–Kier alpha value is -3.78. The fraction of sp³-hybridized carbons (Fsp3) is 0.167. The first kappa shape index (κ1) is 22.9. The second kappa shape index (κ2) is 11.0. The number of aliphatic imine (C=N–C) groups is 1. The first-order chi connectivity index (χ1) is 15.5. The molecule has 0 spiro atoms. The molecule has 0 amide bonds. The zero-order chi connectivity index (χ0) is 22.9. The Kier molecular flexibility index (Phi) is 7.88. The number of hydrogen-bond acceptors (Lipinski definition) is 5. The maximum Gasteiger partial charge on any atom is 0.186 e. The number of thiophene rings is 1. The summed E-state index contributed by atoms with van der Waals surface area (Å²) in [5.41, 5.74) is 15.7. The van der Waals surface area contributed by atoms with Crippen LogP contribution in [0.25, 0.3) is 10.2 Å². The van der Waals surface area contributed by atoms with Gasteiger partial charge in [0, 0.05) is 19.8 Å². The standard InChI is InChI=1S/C16H20N4O.C8H7NOS/c1-19-14-4-2-3-13(9-14)11-21-15-7-5-12(6-8-15)10-20-16(17)18;1-9-6(5-10)4-8-7(9)2-3-11-8/h2-9,19H,10-11H2,1H3,(H4,17,18,20);2-5H,1H3. The topological polar surface area (TPSA) is 108 Å². The number of anilines is 1. The largest absolute Gasteiger partial charge is 0.489 e. The van der Waals surface area contributed by atoms with Crippen molar-refractivity contribution < 1.29 is 9.53 Å². The third-order valence-electron chi connectivity index (χ3n) is 4.81. The van der Waals surface area contributed by atoms with Crippen molar-refractivity contribution in [3.63, 3.8) is 0 Å². The number of guanidine groups is 1. The number of carbonyl (C=O) groups excluding carboxylic acids is 1. The number of ether oxygens (including phenoxy) is 1. The van der Waals surface area contributed by atoms with Crippen molar-refractivity contribution in [2.45, 2.75) is 13.2 Å². The highest BCUT2D eigenvalue weighted by atomic mass is 32.1. The molecule has 4 aromatic rings. The Balaban J connectivity index is 0.000000219. The second-order valence-electron chi connectivity index (χ2n) is 7.04. The number of benzene rings is 2. The molecule has 7 nitrogen and oxygen atoms in total. The summed E-state index contributed by atoms with van der Waals surface area (Å²) in [6.45, 7) is 1.01. The predicted octanol–water partition coefficient (Wildman–Crippen LogP) is 4.13. The monoisotopic (exact) mass is 449 g/mol. The van der Waals surface area contributed by atoms with Crippen LogP contribution in [0.5, 0.6) is 5.75 Å². The average Bonchev–Trinajstić information content (AvgIpc) is 3.40. The molecular formula is C24H27N5O2S. The average molecular weight is 450 g/mol. The third kappa shape index (κ3) is 6.12. The molecule has 0 saturated carbocycles. The minimum Gasteiger partial charge on any atom is -0.489 e. The highest BCUT2D eigenvalue weighted by Gasteiger charge is 2.04. The lowest BCUT2D eigenvalue weighted by molar-refractivity contribution is 0.111. The number of carbonyl (C=O) groups is 1. The van der Waals surface area contributed by atoms with E-state index in [4.69, 9.17) is 16.2 Å². The summed E-state index contributed by atoms with van der Waals surface area (Å²) in [5.74, 6) is 0.915. The van der Waals surface area contributed by atoms with E-state index in [0.29, 0.717) is 13.2 Å². The van der Waals surface area contributed by atoms with Crippen molar-refractivity contribution in [3.05, 3.63) is 82.9 Å². The van der Waals surface area contributed by atoms with Gasteiger partial charge in [-0.3, -0.25) is 4.79 Å². The lowest BCUT2D eigenvalue weighted by Gasteiger charge is -2.08. The van der Waals surface area contributed by atoms with Crippen LogP contribution in [0.15, 0.2) is 71.0 Å². The van der Waals surface area contributed by atoms with E-state index < -0.39 is 0 Å². The molecule has 2 heterocycles. The highest BCUT2D eigenvalue weighted by molar-refractivity contribution is 7.17. The predicted molar refractivity (Wildman–Crippen MR) is 132 cm³/mol. The van der Waals surface area contributed by atoms with Crippen molar-refractivity contribution >= 4 is 39.5 Å². The molecule has 5 N–H and O–H groups in total. The van der Waals surface area contributed by atoms with E-state index in [0.717, 1.165) is 40.1 Å². The molecule has 0 aliphatic heterocycles. The minimum atomic E-state index is 0.0970. The van der Waals surface area contributed by atoms with Crippen LogP contribution in [0.2, 0.25) is 0 Å². The highest BCUT2D eigenvalue weighted by Crippen LogP contribution is 2.23.